The largest absolute Gasteiger partial charge is 2.00 e. The van der Waals surface area contributed by atoms with Crippen molar-refractivity contribution in [1.82, 2.24) is 36.9 Å². The molecular formula is C85H97F2N13O18W6. The number of halogens is 2. The molecule has 12 rings (SSSR count). The summed E-state index contributed by atoms with van der Waals surface area (Å²) in [4.78, 5) is 208. The van der Waals surface area contributed by atoms with Crippen LogP contribution in [0.3, 0.4) is 0 Å². The van der Waals surface area contributed by atoms with Gasteiger partial charge in [0.25, 0.3) is 0 Å². The van der Waals surface area contributed by atoms with E-state index in [0.29, 0.717) is 16.7 Å². The molecule has 1 aromatic heterocycles. The zero-order chi connectivity index (χ0) is 89.0. The van der Waals surface area contributed by atoms with Gasteiger partial charge in [0.05, 0.1) is 0 Å². The zero-order valence-electron chi connectivity index (χ0n) is 70.6. The molecule has 6 aliphatic rings. The summed E-state index contributed by atoms with van der Waals surface area (Å²) >= 11 is 0. The number of amides is 18. The van der Waals surface area contributed by atoms with E-state index in [9.17, 15) is 95.1 Å². The van der Waals surface area contributed by atoms with Crippen molar-refractivity contribution in [2.75, 3.05) is 0 Å². The summed E-state index contributed by atoms with van der Waals surface area (Å²) in [6.45, 7) is 27.7. The quantitative estimate of drug-likeness (QED) is 0.0489. The second-order valence-corrected chi connectivity index (χ2v) is 23.2. The Morgan fingerprint density at radius 1 is 0.331 bits per heavy atom. The fourth-order valence-electron chi connectivity index (χ4n) is 9.55. The van der Waals surface area contributed by atoms with E-state index in [1.54, 1.807) is 60.7 Å². The van der Waals surface area contributed by atoms with Crippen molar-refractivity contribution in [2.24, 2.45) is 0 Å². The van der Waals surface area contributed by atoms with Gasteiger partial charge >= 0.3 is 126 Å². The monoisotopic (exact) mass is 2730 g/mol. The van der Waals surface area contributed by atoms with Crippen LogP contribution >= 0.6 is 0 Å². The molecular weight excluding hydrogens is 2630 g/mol. The number of imide groups is 6. The summed E-state index contributed by atoms with van der Waals surface area (Å²) in [6.07, 6.45) is 6.52. The number of pyridine rings is 1. The number of carbonyl (C=O) groups excluding carboxylic acids is 18. The second kappa shape index (κ2) is 71.1. The van der Waals surface area contributed by atoms with E-state index < -0.39 is 125 Å². The maximum atomic E-state index is 13.3. The van der Waals surface area contributed by atoms with Gasteiger partial charge in [0.2, 0.25) is 70.9 Å². The minimum Gasteiger partial charge on any atom is -0.684 e. The first-order valence-corrected chi connectivity index (χ1v) is 38.2. The summed E-state index contributed by atoms with van der Waals surface area (Å²) in [5.41, 5.74) is 2.75. The molecule has 660 valence electrons. The summed E-state index contributed by atoms with van der Waals surface area (Å²) in [7, 11) is 0. The number of aromatic nitrogens is 1. The van der Waals surface area contributed by atoms with Gasteiger partial charge in [0, 0.05) is 50.2 Å². The molecule has 5 aromatic carbocycles. The van der Waals surface area contributed by atoms with Crippen LogP contribution in [0.2, 0.25) is 0 Å². The van der Waals surface area contributed by atoms with Crippen LogP contribution in [0.4, 0.5) is 8.78 Å². The van der Waals surface area contributed by atoms with Crippen LogP contribution in [0.25, 0.3) is 31.9 Å². The van der Waals surface area contributed by atoms with Gasteiger partial charge in [0.1, 0.15) is 0 Å². The van der Waals surface area contributed by atoms with Crippen molar-refractivity contribution in [3.05, 3.63) is 240 Å². The maximum absolute atomic E-state index is 13.3. The van der Waals surface area contributed by atoms with Gasteiger partial charge in [-0.05, 0) is 116 Å². The Morgan fingerprint density at radius 2 is 0.653 bits per heavy atom. The Bertz CT molecular complexity index is 4230. The molecule has 39 heteroatoms. The van der Waals surface area contributed by atoms with E-state index >= 15 is 0 Å². The Balaban J connectivity index is -0.000000325. The molecule has 6 saturated heterocycles. The van der Waals surface area contributed by atoms with E-state index in [0.717, 1.165) is 23.3 Å². The van der Waals surface area contributed by atoms with Gasteiger partial charge in [-0.3, -0.25) is 93.8 Å². The molecule has 124 heavy (non-hydrogen) atoms. The number of piperidine rings is 6. The topological polar surface area (TPSA) is 477 Å². The first kappa shape index (κ1) is 126. The molecule has 0 aliphatic carbocycles. The maximum Gasteiger partial charge on any atom is 2.00 e. The molecule has 6 N–H and O–H groups in total. The average Bonchev–Trinajstić information content (AvgIpc) is 0.862. The third-order valence-electron chi connectivity index (χ3n) is 15.1. The zero-order valence-corrected chi connectivity index (χ0v) is 88.2. The minimum atomic E-state index is -0.941. The van der Waals surface area contributed by atoms with E-state index in [1.807, 2.05) is 103 Å². The van der Waals surface area contributed by atoms with Gasteiger partial charge in [-0.1, -0.05) is 109 Å². The van der Waals surface area contributed by atoms with E-state index in [4.69, 9.17) is 0 Å². The standard InChI is InChI=1S/2C13H13N2O3.2C12H10FN2O3.C12H11N2O3.C11H10N3O3.6C2H6.6W/c1-8-2-4-9(5-3-8)12(17)14-10-6-7-11(16)15-13(10)18;1-8-3-2-4-9(7-8)12(17)14-10-5-6-11(16)15-13(10)18;13-8-3-1-2-7(6-8)11(17)14-9-4-5-10(16)15-12(9)18;13-8-4-2-1-3-7(8)11(17)14-9-5-6-10(16)15-12(9)18;15-10-7-6-9(12(17)14-10)13-11(16)8-4-2-1-3-5-8;15-9-4-3-8(11(17)14-9)13-10(16)7-2-1-5-12-6-7;6*1-2;;;;;;/h2-4,10H,6-7H2,1H3,(H2,14,15,16,17,18);2-3,7,10H,5-6H2,1H3,(H2,14,15,16,17,18);1-3,9H,4-5H2,(H2,14,15,16,17,18);1-2,4,9H,5-6H2,(H2,14,15,16,17,18);1-4,9H,6-7H2,(H2,13,14,15,16,17);1-2,5,8H,3-4H2,(H2,13,14,15,16,17);6*1-2H3;;;;;;/q6*-1;;;;;;;6*+2/p-6. The molecule has 18 amide bonds. The van der Waals surface area contributed by atoms with Crippen molar-refractivity contribution in [2.45, 2.75) is 210 Å². The SMILES string of the molecule is CC.CC.CC.CC.CC.CC.Cc1c[c-]c(C(=O)[N-]C2CCC(=O)NC2=O)cc1.Cc1cc[c-]c(C(=O)[N-]C2CCC(=O)NC2=O)c1.O=C1CCC([N-]C(=O)c2[c-]c(F)ccc2)C(=O)N1.O=C1CCC([N-]C(=O)c2[c-]cccc2)C(=O)N1.O=C1CCC([N-]C(=O)c2[c-]cccc2F)C(=O)N1.O=C1CCC([N-]C(=O)c2[c-]nccc2)C(=O)N1.[W+2].[W+2].[W+2].[W+2].[W+2].[W+2]. The smallest absolute Gasteiger partial charge is 0.684 e. The fraction of sp³-hybridized carbons (Fsp3) is 0.376. The number of rotatable bonds is 12. The van der Waals surface area contributed by atoms with Gasteiger partial charge < -0.3 is 65.7 Å². The molecule has 31 nitrogen and oxygen atoms in total. The predicted octanol–water partition coefficient (Wildman–Crippen LogP) is 11.3. The normalized spacial score (nSPS) is 16.9. The third-order valence-corrected chi connectivity index (χ3v) is 15.1. The molecule has 6 aromatic rings. The van der Waals surface area contributed by atoms with Gasteiger partial charge in [0.15, 0.2) is 0 Å². The Kier molecular flexibility index (Phi) is 72.1. The minimum absolute atomic E-state index is 0. The van der Waals surface area contributed by atoms with Crippen LogP contribution in [0.5, 0.6) is 0 Å². The Morgan fingerprint density at radius 3 is 0.968 bits per heavy atom. The molecule has 0 saturated carbocycles. The average molecular weight is 2730 g/mol. The number of carbonyl (C=O) groups is 18. The number of hydrogen-bond donors (Lipinski definition) is 6. The molecule has 7 heterocycles. The second-order valence-electron chi connectivity index (χ2n) is 23.2. The summed E-state index contributed by atoms with van der Waals surface area (Å²) in [5, 5.41) is 35.2. The van der Waals surface area contributed by atoms with Crippen molar-refractivity contribution >= 4 is 106 Å². The van der Waals surface area contributed by atoms with Crippen LogP contribution in [-0.4, -0.2) is 148 Å². The molecule has 0 spiro atoms. The third kappa shape index (κ3) is 46.7. The van der Waals surface area contributed by atoms with Crippen LogP contribution in [0.15, 0.2) is 115 Å². The summed E-state index contributed by atoms with van der Waals surface area (Å²) < 4.78 is 26.1. The van der Waals surface area contributed by atoms with E-state index in [2.05, 4.69) is 105 Å². The van der Waals surface area contributed by atoms with Crippen LogP contribution in [0.1, 0.15) is 233 Å². The van der Waals surface area contributed by atoms with Gasteiger partial charge in [-0.25, -0.2) is 4.39 Å². The Hall–Kier alpha value is -9.10. The molecule has 6 aliphatic heterocycles. The number of aryl methyl sites for hydroxylation is 2. The Labute approximate surface area is 807 Å². The van der Waals surface area contributed by atoms with Crippen LogP contribution < -0.4 is 31.9 Å². The van der Waals surface area contributed by atoms with Gasteiger partial charge in [-0.15, -0.1) is 178 Å². The molecule has 6 unspecified atom stereocenters. The number of nitrogens with one attached hydrogen (secondary N) is 6. The van der Waals surface area contributed by atoms with Crippen molar-refractivity contribution in [3.8, 4) is 0 Å². The first-order chi connectivity index (χ1) is 56.6. The molecule has 0 radical (unpaired) electrons. The number of hydrogen-bond acceptors (Lipinski definition) is 19. The van der Waals surface area contributed by atoms with Crippen LogP contribution in [0, 0.1) is 62.0 Å². The van der Waals surface area contributed by atoms with Crippen LogP contribution in [-0.2, 0) is 184 Å². The van der Waals surface area contributed by atoms with Crippen molar-refractivity contribution < 1.29 is 221 Å². The van der Waals surface area contributed by atoms with E-state index in [1.165, 1.54) is 36.5 Å². The number of nitrogens with zero attached hydrogens (tertiary/aromatic N) is 7. The van der Waals surface area contributed by atoms with Crippen molar-refractivity contribution in [3.63, 3.8) is 0 Å². The van der Waals surface area contributed by atoms with E-state index in [-0.39, 0.29) is 250 Å². The molecule has 0 bridgehead atoms. The summed E-state index contributed by atoms with van der Waals surface area (Å²) in [6, 6.07) is 35.7. The first-order valence-electron chi connectivity index (χ1n) is 38.2. The predicted molar refractivity (Wildman–Crippen MR) is 430 cm³/mol. The van der Waals surface area contributed by atoms with Gasteiger partial charge in [-0.2, -0.15) is 0 Å². The summed E-state index contributed by atoms with van der Waals surface area (Å²) in [5.74, 6) is -10.3. The van der Waals surface area contributed by atoms with Crippen molar-refractivity contribution in [1.29, 1.82) is 0 Å². The fourth-order valence-corrected chi connectivity index (χ4v) is 9.55. The molecule has 6 fully saturated rings. The number of benzene rings is 5. The molecule has 6 atom stereocenters.